The molecule has 0 aromatic heterocycles. The minimum Gasteiger partial charge on any atom is -0.503 e. The number of benzene rings is 2. The summed E-state index contributed by atoms with van der Waals surface area (Å²) in [5, 5.41) is 16.8. The summed E-state index contributed by atoms with van der Waals surface area (Å²) in [6, 6.07) is 6.48. The third-order valence-corrected chi connectivity index (χ3v) is 5.65. The molecule has 0 atom stereocenters. The largest absolute Gasteiger partial charge is 0.503 e. The average molecular weight is 566 g/mol. The van der Waals surface area contributed by atoms with Crippen LogP contribution in [0.1, 0.15) is 48.5 Å². The lowest BCUT2D eigenvalue weighted by Gasteiger charge is -2.14. The van der Waals surface area contributed by atoms with E-state index in [1.54, 1.807) is 24.3 Å². The molecular weight excluding hydrogens is 534 g/mol. The van der Waals surface area contributed by atoms with Gasteiger partial charge in [0.1, 0.15) is 0 Å². The van der Waals surface area contributed by atoms with Crippen molar-refractivity contribution in [2.24, 2.45) is 5.10 Å². The number of nitrogens with one attached hydrogen (secondary N) is 2. The van der Waals surface area contributed by atoms with Crippen molar-refractivity contribution in [1.82, 2.24) is 10.7 Å². The summed E-state index contributed by atoms with van der Waals surface area (Å²) in [6.07, 6.45) is 3.91. The van der Waals surface area contributed by atoms with Gasteiger partial charge in [0.15, 0.2) is 23.0 Å². The molecule has 196 valence electrons. The second-order valence-corrected chi connectivity index (χ2v) is 8.41. The zero-order valence-electron chi connectivity index (χ0n) is 20.9. The first-order valence-electron chi connectivity index (χ1n) is 11.4. The summed E-state index contributed by atoms with van der Waals surface area (Å²) in [4.78, 5) is 24.5. The van der Waals surface area contributed by atoms with Crippen molar-refractivity contribution in [3.8, 4) is 28.7 Å². The number of carbonyl (C=O) groups is 2. The molecule has 0 saturated carbocycles. The molecule has 0 aliphatic rings. The van der Waals surface area contributed by atoms with Crippen LogP contribution in [0.4, 0.5) is 0 Å². The molecule has 0 saturated heterocycles. The maximum absolute atomic E-state index is 12.5. The molecule has 2 aromatic carbocycles. The number of rotatable bonds is 14. The number of aromatic hydroxyl groups is 1. The number of unbranched alkanes of at least 4 members (excludes halogenated alkanes) is 2. The van der Waals surface area contributed by atoms with Crippen molar-refractivity contribution in [2.75, 3.05) is 34.5 Å². The highest BCUT2D eigenvalue weighted by molar-refractivity contribution is 9.10. The minimum absolute atomic E-state index is 0.0117. The van der Waals surface area contributed by atoms with Crippen LogP contribution in [0.25, 0.3) is 0 Å². The Hall–Kier alpha value is -3.47. The normalized spacial score (nSPS) is 10.7. The van der Waals surface area contributed by atoms with Crippen molar-refractivity contribution in [3.63, 3.8) is 0 Å². The topological polar surface area (TPSA) is 128 Å². The van der Waals surface area contributed by atoms with Crippen LogP contribution in [0.3, 0.4) is 0 Å². The smallest absolute Gasteiger partial charge is 0.251 e. The Morgan fingerprint density at radius 2 is 1.69 bits per heavy atom. The van der Waals surface area contributed by atoms with E-state index in [9.17, 15) is 14.7 Å². The van der Waals surface area contributed by atoms with Gasteiger partial charge in [-0.3, -0.25) is 9.59 Å². The third kappa shape index (κ3) is 8.33. The number of nitrogens with zero attached hydrogens (tertiary/aromatic N) is 1. The number of amides is 2. The summed E-state index contributed by atoms with van der Waals surface area (Å²) >= 11 is 3.26. The highest BCUT2D eigenvalue weighted by Gasteiger charge is 2.16. The SMILES string of the molecule is CCOc1cc(/C=N/NC(=O)CCCCCNC(=O)c2cc(OC)c(OC)c(OC)c2)cc(Br)c1O. The number of halogens is 1. The maximum Gasteiger partial charge on any atom is 0.251 e. The first-order chi connectivity index (χ1) is 17.3. The molecule has 0 bridgehead atoms. The van der Waals surface area contributed by atoms with E-state index in [0.29, 0.717) is 71.0 Å². The Morgan fingerprint density at radius 3 is 2.31 bits per heavy atom. The van der Waals surface area contributed by atoms with Crippen molar-refractivity contribution in [3.05, 3.63) is 39.9 Å². The molecule has 2 aromatic rings. The zero-order chi connectivity index (χ0) is 26.5. The van der Waals surface area contributed by atoms with E-state index in [0.717, 1.165) is 6.42 Å². The van der Waals surface area contributed by atoms with Gasteiger partial charge in [0, 0.05) is 18.5 Å². The fourth-order valence-electron chi connectivity index (χ4n) is 3.27. The first kappa shape index (κ1) is 28.8. The number of methoxy groups -OCH3 is 3. The summed E-state index contributed by atoms with van der Waals surface area (Å²) in [5.74, 6) is 1.11. The van der Waals surface area contributed by atoms with Gasteiger partial charge in [-0.2, -0.15) is 5.10 Å². The van der Waals surface area contributed by atoms with Crippen LogP contribution in [0.2, 0.25) is 0 Å². The molecule has 0 heterocycles. The Kier molecular flexibility index (Phi) is 11.8. The van der Waals surface area contributed by atoms with Gasteiger partial charge >= 0.3 is 0 Å². The van der Waals surface area contributed by atoms with Crippen molar-refractivity contribution >= 4 is 34.0 Å². The number of hydrogen-bond donors (Lipinski definition) is 3. The number of carbonyl (C=O) groups excluding carboxylic acids is 2. The van der Waals surface area contributed by atoms with Gasteiger partial charge in [-0.15, -0.1) is 0 Å². The van der Waals surface area contributed by atoms with Gasteiger partial charge in [-0.05, 0) is 65.5 Å². The van der Waals surface area contributed by atoms with E-state index in [4.69, 9.17) is 18.9 Å². The lowest BCUT2D eigenvalue weighted by Crippen LogP contribution is -2.24. The van der Waals surface area contributed by atoms with Gasteiger partial charge < -0.3 is 29.4 Å². The van der Waals surface area contributed by atoms with Crippen LogP contribution in [0.15, 0.2) is 33.8 Å². The van der Waals surface area contributed by atoms with Gasteiger partial charge in [0.2, 0.25) is 11.7 Å². The van der Waals surface area contributed by atoms with Crippen LogP contribution in [-0.2, 0) is 4.79 Å². The van der Waals surface area contributed by atoms with Crippen LogP contribution in [0, 0.1) is 0 Å². The Morgan fingerprint density at radius 1 is 1.00 bits per heavy atom. The third-order valence-electron chi connectivity index (χ3n) is 5.05. The second kappa shape index (κ2) is 14.8. The summed E-state index contributed by atoms with van der Waals surface area (Å²) in [6.45, 7) is 2.69. The first-order valence-corrected chi connectivity index (χ1v) is 12.2. The fourth-order valence-corrected chi connectivity index (χ4v) is 3.73. The number of hydrogen-bond acceptors (Lipinski definition) is 8. The van der Waals surface area contributed by atoms with Crippen molar-refractivity contribution in [2.45, 2.75) is 32.6 Å². The van der Waals surface area contributed by atoms with Crippen LogP contribution in [0.5, 0.6) is 28.7 Å². The molecule has 10 nitrogen and oxygen atoms in total. The van der Waals surface area contributed by atoms with Gasteiger partial charge in [0.25, 0.3) is 5.91 Å². The molecule has 0 unspecified atom stereocenters. The molecule has 0 fully saturated rings. The number of hydrazone groups is 1. The zero-order valence-corrected chi connectivity index (χ0v) is 22.4. The van der Waals surface area contributed by atoms with Crippen LogP contribution < -0.4 is 29.7 Å². The minimum atomic E-state index is -0.255. The Labute approximate surface area is 219 Å². The molecule has 0 aliphatic carbocycles. The monoisotopic (exact) mass is 565 g/mol. The van der Waals surface area contributed by atoms with Gasteiger partial charge in [-0.1, -0.05) is 6.42 Å². The lowest BCUT2D eigenvalue weighted by atomic mass is 10.1. The van der Waals surface area contributed by atoms with E-state index in [1.165, 1.54) is 27.5 Å². The number of ether oxygens (including phenoxy) is 4. The maximum atomic E-state index is 12.5. The molecule has 11 heteroatoms. The van der Waals surface area contributed by atoms with Crippen LogP contribution in [-0.4, -0.2) is 57.6 Å². The molecule has 3 N–H and O–H groups in total. The van der Waals surface area contributed by atoms with Crippen molar-refractivity contribution < 1.29 is 33.6 Å². The summed E-state index contributed by atoms with van der Waals surface area (Å²) in [7, 11) is 4.48. The van der Waals surface area contributed by atoms with Crippen molar-refractivity contribution in [1.29, 1.82) is 0 Å². The Bertz CT molecular complexity index is 1050. The summed E-state index contributed by atoms with van der Waals surface area (Å²) < 4.78 is 21.7. The molecule has 2 amide bonds. The average Bonchev–Trinajstić information content (AvgIpc) is 2.87. The highest BCUT2D eigenvalue weighted by atomic mass is 79.9. The molecule has 0 radical (unpaired) electrons. The predicted octanol–water partition coefficient (Wildman–Crippen LogP) is 4.02. The molecule has 0 aliphatic heterocycles. The molecule has 2 rings (SSSR count). The van der Waals surface area contributed by atoms with E-state index in [2.05, 4.69) is 31.8 Å². The quantitative estimate of drug-likeness (QED) is 0.179. The lowest BCUT2D eigenvalue weighted by molar-refractivity contribution is -0.121. The van der Waals surface area contributed by atoms with Gasteiger partial charge in [0.05, 0.1) is 38.6 Å². The van der Waals surface area contributed by atoms with Crippen LogP contribution >= 0.6 is 15.9 Å². The number of phenolic OH excluding ortho intramolecular Hbond substituents is 1. The fraction of sp³-hybridized carbons (Fsp3) is 0.400. The molecule has 36 heavy (non-hydrogen) atoms. The standard InChI is InChI=1S/C25H32BrN3O7/c1-5-36-19-12-16(11-18(26)23(19)31)15-28-29-22(30)9-7-6-8-10-27-25(32)17-13-20(33-2)24(35-4)21(14-17)34-3/h11-15,31H,5-10H2,1-4H3,(H,27,32)(H,29,30)/b28-15+. The predicted molar refractivity (Wildman–Crippen MR) is 140 cm³/mol. The molecule has 0 spiro atoms. The highest BCUT2D eigenvalue weighted by Crippen LogP contribution is 2.38. The second-order valence-electron chi connectivity index (χ2n) is 7.56. The summed E-state index contributed by atoms with van der Waals surface area (Å²) in [5.41, 5.74) is 3.54. The molecular formula is C25H32BrN3O7. The van der Waals surface area contributed by atoms with Gasteiger partial charge in [-0.25, -0.2) is 5.43 Å². The Balaban J connectivity index is 1.72. The van der Waals surface area contributed by atoms with E-state index in [1.807, 2.05) is 6.92 Å². The van der Waals surface area contributed by atoms with E-state index < -0.39 is 0 Å². The number of phenols is 1. The van der Waals surface area contributed by atoms with E-state index >= 15 is 0 Å². The van der Waals surface area contributed by atoms with E-state index in [-0.39, 0.29) is 17.6 Å².